The molecule has 200 valence electrons. The third-order valence-electron chi connectivity index (χ3n) is 7.29. The number of unbranched alkanes of at least 4 members (excludes halogenated alkanes) is 4. The summed E-state index contributed by atoms with van der Waals surface area (Å²) in [5, 5.41) is 10.1. The molecule has 0 radical (unpaired) electrons. The molecule has 1 aliphatic carbocycles. The molecule has 2 heteroatoms. The monoisotopic (exact) mass is 500 g/mol. The molecule has 0 fully saturated rings. The van der Waals surface area contributed by atoms with E-state index in [0.29, 0.717) is 12.2 Å². The van der Waals surface area contributed by atoms with E-state index in [1.54, 1.807) is 0 Å². The second-order valence-electron chi connectivity index (χ2n) is 10.3. The van der Waals surface area contributed by atoms with E-state index < -0.39 is 0 Å². The van der Waals surface area contributed by atoms with Crippen LogP contribution in [0.2, 0.25) is 0 Å². The fraction of sp³-hybridized carbons (Fsp3) is 0.429. The highest BCUT2D eigenvalue weighted by Gasteiger charge is 2.25. The Morgan fingerprint density at radius 2 is 1.86 bits per heavy atom. The first-order valence-corrected chi connectivity index (χ1v) is 13.8. The van der Waals surface area contributed by atoms with Gasteiger partial charge in [-0.25, -0.2) is 0 Å². The number of aliphatic hydroxyl groups excluding tert-OH is 1. The van der Waals surface area contributed by atoms with Crippen molar-refractivity contribution in [1.82, 2.24) is 0 Å². The summed E-state index contributed by atoms with van der Waals surface area (Å²) < 4.78 is 6.10. The number of hydrogen-bond acceptors (Lipinski definition) is 2. The van der Waals surface area contributed by atoms with Crippen molar-refractivity contribution < 1.29 is 9.84 Å². The molecule has 0 heterocycles. The van der Waals surface area contributed by atoms with Crippen LogP contribution >= 0.6 is 0 Å². The highest BCUT2D eigenvalue weighted by Crippen LogP contribution is 2.40. The van der Waals surface area contributed by atoms with Crippen LogP contribution in [0.1, 0.15) is 88.5 Å². The lowest BCUT2D eigenvalue weighted by Crippen LogP contribution is -2.08. The Kier molecular flexibility index (Phi) is 12.7. The van der Waals surface area contributed by atoms with E-state index in [-0.39, 0.29) is 11.7 Å². The summed E-state index contributed by atoms with van der Waals surface area (Å²) in [6.45, 7) is 24.5. The molecule has 0 amide bonds. The number of rotatable bonds is 13. The summed E-state index contributed by atoms with van der Waals surface area (Å²) in [7, 11) is 0. The van der Waals surface area contributed by atoms with Gasteiger partial charge in [0.25, 0.3) is 0 Å². The van der Waals surface area contributed by atoms with Gasteiger partial charge in [-0.05, 0) is 80.4 Å². The third-order valence-corrected chi connectivity index (χ3v) is 7.29. The number of aryl methyl sites for hydroxylation is 1. The first-order chi connectivity index (χ1) is 17.7. The van der Waals surface area contributed by atoms with Crippen molar-refractivity contribution in [2.24, 2.45) is 5.92 Å². The third kappa shape index (κ3) is 8.90. The van der Waals surface area contributed by atoms with Crippen LogP contribution in [0.5, 0.6) is 0 Å². The second kappa shape index (κ2) is 15.4. The smallest absolute Gasteiger partial charge is 0.115 e. The summed E-state index contributed by atoms with van der Waals surface area (Å²) in [5.74, 6) is 0.302. The molecular formula is C35H48O2. The van der Waals surface area contributed by atoms with Gasteiger partial charge < -0.3 is 9.84 Å². The van der Waals surface area contributed by atoms with E-state index in [9.17, 15) is 5.11 Å². The summed E-state index contributed by atoms with van der Waals surface area (Å²) >= 11 is 0. The summed E-state index contributed by atoms with van der Waals surface area (Å²) in [5.41, 5.74) is 10.2. The Morgan fingerprint density at radius 1 is 1.14 bits per heavy atom. The molecule has 1 aliphatic rings. The zero-order valence-electron chi connectivity index (χ0n) is 24.0. The Labute approximate surface area is 226 Å². The first-order valence-electron chi connectivity index (χ1n) is 13.8. The molecule has 0 saturated carbocycles. The maximum Gasteiger partial charge on any atom is 0.115 e. The Bertz CT molecular complexity index is 1090. The van der Waals surface area contributed by atoms with Gasteiger partial charge in [-0.15, -0.1) is 0 Å². The zero-order chi connectivity index (χ0) is 27.4. The van der Waals surface area contributed by atoms with E-state index in [1.807, 2.05) is 19.9 Å². The maximum atomic E-state index is 10.1. The molecular weight excluding hydrogens is 452 g/mol. The van der Waals surface area contributed by atoms with Crippen molar-refractivity contribution in [3.63, 3.8) is 0 Å². The van der Waals surface area contributed by atoms with Crippen LogP contribution in [-0.4, -0.2) is 11.7 Å². The molecule has 2 nitrogen and oxygen atoms in total. The SMILES string of the molecule is C=C(O)/C(=C/C)C(=C)/C=C1\CC(=C)C(/C(C)=C/C=C\C)Cc2cc(COCCCCCCC)c(C)cc21. The molecule has 0 spiro atoms. The molecule has 0 bridgehead atoms. The lowest BCUT2D eigenvalue weighted by molar-refractivity contribution is 0.116. The van der Waals surface area contributed by atoms with Crippen LogP contribution in [0.25, 0.3) is 5.57 Å². The van der Waals surface area contributed by atoms with Crippen LogP contribution in [0.4, 0.5) is 0 Å². The summed E-state index contributed by atoms with van der Waals surface area (Å²) in [4.78, 5) is 0. The lowest BCUT2D eigenvalue weighted by atomic mass is 9.86. The van der Waals surface area contributed by atoms with Gasteiger partial charge in [-0.3, -0.25) is 0 Å². The molecule has 0 saturated heterocycles. The van der Waals surface area contributed by atoms with Crippen molar-refractivity contribution in [2.75, 3.05) is 6.61 Å². The number of hydrogen-bond donors (Lipinski definition) is 1. The van der Waals surface area contributed by atoms with Crippen LogP contribution in [0, 0.1) is 12.8 Å². The van der Waals surface area contributed by atoms with Gasteiger partial charge in [-0.2, -0.15) is 0 Å². The van der Waals surface area contributed by atoms with Gasteiger partial charge in [0.2, 0.25) is 0 Å². The van der Waals surface area contributed by atoms with Crippen LogP contribution in [0.3, 0.4) is 0 Å². The molecule has 1 N–H and O–H groups in total. The topological polar surface area (TPSA) is 29.5 Å². The van der Waals surface area contributed by atoms with Crippen molar-refractivity contribution in [2.45, 2.75) is 86.2 Å². The van der Waals surface area contributed by atoms with Crippen LogP contribution < -0.4 is 0 Å². The Morgan fingerprint density at radius 3 is 2.51 bits per heavy atom. The molecule has 0 aliphatic heterocycles. The van der Waals surface area contributed by atoms with Gasteiger partial charge in [0.1, 0.15) is 5.76 Å². The minimum absolute atomic E-state index is 0.0402. The molecule has 1 aromatic carbocycles. The number of aliphatic hydroxyl groups is 1. The largest absolute Gasteiger partial charge is 0.508 e. The van der Waals surface area contributed by atoms with Gasteiger partial charge >= 0.3 is 0 Å². The normalized spacial score (nSPS) is 17.8. The van der Waals surface area contributed by atoms with E-state index in [2.05, 4.69) is 76.9 Å². The predicted molar refractivity (Wildman–Crippen MR) is 162 cm³/mol. The second-order valence-corrected chi connectivity index (χ2v) is 10.3. The van der Waals surface area contributed by atoms with Gasteiger partial charge in [0, 0.05) is 18.1 Å². The number of allylic oxidation sites excluding steroid dienone is 9. The van der Waals surface area contributed by atoms with Crippen molar-refractivity contribution in [1.29, 1.82) is 0 Å². The number of ether oxygens (including phenoxy) is 1. The first kappa shape index (κ1) is 30.4. The quantitative estimate of drug-likeness (QED) is 0.0959. The minimum atomic E-state index is 0.0402. The fourth-order valence-electron chi connectivity index (χ4n) is 5.05. The highest BCUT2D eigenvalue weighted by atomic mass is 16.5. The highest BCUT2D eigenvalue weighted by molar-refractivity contribution is 5.76. The van der Waals surface area contributed by atoms with Crippen LogP contribution in [0.15, 0.2) is 90.3 Å². The Hall–Kier alpha value is -2.84. The molecule has 37 heavy (non-hydrogen) atoms. The van der Waals surface area contributed by atoms with E-state index >= 15 is 0 Å². The standard InChI is InChI=1S/C35H48O2/c1-9-12-14-15-16-18-37-24-32-22-31-23-34(25(4)17-13-10-2)28(7)20-30(35(31)21-26(32)5)19-27(6)33(11-3)29(8)36/h10-11,13,17,19,21-22,34,36H,6-9,12,14-16,18,20,23-24H2,1-5H3/b13-10-,25-17+,30-19+,33-11+. The van der Waals surface area contributed by atoms with E-state index in [1.165, 1.54) is 64.7 Å². The van der Waals surface area contributed by atoms with E-state index in [0.717, 1.165) is 31.4 Å². The van der Waals surface area contributed by atoms with Gasteiger partial charge in [0.05, 0.1) is 6.61 Å². The maximum absolute atomic E-state index is 10.1. The molecule has 2 rings (SSSR count). The van der Waals surface area contributed by atoms with Crippen LogP contribution in [-0.2, 0) is 17.8 Å². The number of benzene rings is 1. The van der Waals surface area contributed by atoms with Gasteiger partial charge in [0.15, 0.2) is 0 Å². The molecule has 0 aromatic heterocycles. The summed E-state index contributed by atoms with van der Waals surface area (Å²) in [6, 6.07) is 4.65. The fourth-order valence-corrected chi connectivity index (χ4v) is 5.05. The molecule has 1 unspecified atom stereocenters. The number of fused-ring (bicyclic) bond motifs is 1. The zero-order valence-corrected chi connectivity index (χ0v) is 24.0. The molecule has 1 aromatic rings. The van der Waals surface area contributed by atoms with Crippen molar-refractivity contribution in [3.05, 3.63) is 113 Å². The van der Waals surface area contributed by atoms with Gasteiger partial charge in [-0.1, -0.05) is 106 Å². The van der Waals surface area contributed by atoms with E-state index in [4.69, 9.17) is 4.74 Å². The minimum Gasteiger partial charge on any atom is -0.508 e. The summed E-state index contributed by atoms with van der Waals surface area (Å²) in [6.07, 6.45) is 18.2. The Balaban J connectivity index is 2.43. The predicted octanol–water partition coefficient (Wildman–Crippen LogP) is 10.1. The average Bonchev–Trinajstić information content (AvgIpc) is 2.98. The lowest BCUT2D eigenvalue weighted by Gasteiger charge is -2.19. The van der Waals surface area contributed by atoms with Crippen molar-refractivity contribution in [3.8, 4) is 0 Å². The van der Waals surface area contributed by atoms with Crippen molar-refractivity contribution >= 4 is 5.57 Å². The molecule has 1 atom stereocenters. The average molecular weight is 501 g/mol.